The molecule has 0 aliphatic carbocycles. The van der Waals surface area contributed by atoms with Crippen molar-refractivity contribution in [2.45, 2.75) is 187 Å². The van der Waals surface area contributed by atoms with Gasteiger partial charge in [0, 0.05) is 25.3 Å². The fraction of sp³-hybridized carbons (Fsp3) is 0.829. The lowest BCUT2D eigenvalue weighted by molar-refractivity contribution is -0.143. The lowest BCUT2D eigenvalue weighted by Gasteiger charge is -2.19. The van der Waals surface area contributed by atoms with Gasteiger partial charge >= 0.3 is 11.9 Å². The van der Waals surface area contributed by atoms with Crippen molar-refractivity contribution in [3.8, 4) is 0 Å². The molecule has 7 nitrogen and oxygen atoms in total. The van der Waals surface area contributed by atoms with Crippen molar-refractivity contribution in [1.29, 1.82) is 0 Å². The molecule has 0 unspecified atom stereocenters. The van der Waals surface area contributed by atoms with Crippen molar-refractivity contribution in [1.82, 2.24) is 10.2 Å². The molecule has 0 saturated carbocycles. The van der Waals surface area contributed by atoms with Crippen molar-refractivity contribution >= 4 is 17.8 Å². The number of carbonyl (C=O) groups excluding carboxylic acids is 3. The summed E-state index contributed by atoms with van der Waals surface area (Å²) in [6, 6.07) is 0.223. The Labute approximate surface area is 296 Å². The Hall–Kier alpha value is -2.15. The van der Waals surface area contributed by atoms with Gasteiger partial charge in [-0.05, 0) is 78.4 Å². The van der Waals surface area contributed by atoms with E-state index in [4.69, 9.17) is 9.47 Å². The van der Waals surface area contributed by atoms with Crippen LogP contribution in [0, 0.1) is 0 Å². The van der Waals surface area contributed by atoms with Crippen LogP contribution >= 0.6 is 0 Å². The third-order valence-electron chi connectivity index (χ3n) is 8.70. The van der Waals surface area contributed by atoms with E-state index in [-0.39, 0.29) is 23.9 Å². The molecule has 0 aliphatic heterocycles. The monoisotopic (exact) mass is 677 g/mol. The first-order valence-corrected chi connectivity index (χ1v) is 19.9. The zero-order valence-corrected chi connectivity index (χ0v) is 31.9. The fourth-order valence-electron chi connectivity index (χ4n) is 5.70. The standard InChI is InChI=1S/C41H76N2O5/c1-5-7-9-11-13-21-27-36-47-40(45)33-25-19-15-17-23-30-38(42-39(44)32-29-35-43(3)4)31-24-18-16-20-26-34-41(46)48-37-28-22-14-12-10-8-6-2/h21-22,27-28,38H,5-20,23-26,29-37H2,1-4H3,(H,42,44). The first-order valence-electron chi connectivity index (χ1n) is 19.9. The number of hydrogen-bond donors (Lipinski definition) is 1. The van der Waals surface area contributed by atoms with Crippen LogP contribution in [0.15, 0.2) is 24.3 Å². The highest BCUT2D eigenvalue weighted by Crippen LogP contribution is 2.15. The SMILES string of the molecule is CCCCCCC=CCOC(=O)CCCCCCCC(CCCCCCCC(=O)OCC=CCCCCCC)NC(=O)CCCN(C)C. The second-order valence-electron chi connectivity index (χ2n) is 13.8. The Bertz CT molecular complexity index is 759. The van der Waals surface area contributed by atoms with Crippen LogP contribution in [-0.2, 0) is 23.9 Å². The van der Waals surface area contributed by atoms with E-state index in [0.29, 0.717) is 32.5 Å². The van der Waals surface area contributed by atoms with E-state index in [9.17, 15) is 14.4 Å². The first-order chi connectivity index (χ1) is 23.4. The molecule has 0 aliphatic rings. The number of hydrogen-bond acceptors (Lipinski definition) is 6. The van der Waals surface area contributed by atoms with Gasteiger partial charge in [-0.3, -0.25) is 14.4 Å². The van der Waals surface area contributed by atoms with Crippen molar-refractivity contribution in [3.63, 3.8) is 0 Å². The van der Waals surface area contributed by atoms with Crippen molar-refractivity contribution < 1.29 is 23.9 Å². The van der Waals surface area contributed by atoms with Crippen LogP contribution in [-0.4, -0.2) is 62.6 Å². The van der Waals surface area contributed by atoms with Gasteiger partial charge in [-0.15, -0.1) is 0 Å². The van der Waals surface area contributed by atoms with Crippen molar-refractivity contribution in [2.24, 2.45) is 0 Å². The third-order valence-corrected chi connectivity index (χ3v) is 8.70. The zero-order chi connectivity index (χ0) is 35.3. The molecule has 0 aromatic rings. The maximum Gasteiger partial charge on any atom is 0.306 e. The molecule has 0 aromatic carbocycles. The van der Waals surface area contributed by atoms with Crippen LogP contribution in [0.5, 0.6) is 0 Å². The Kier molecular flexibility index (Phi) is 34.5. The van der Waals surface area contributed by atoms with E-state index in [1.54, 1.807) is 0 Å². The smallest absolute Gasteiger partial charge is 0.306 e. The van der Waals surface area contributed by atoms with Crippen LogP contribution in [0.4, 0.5) is 0 Å². The van der Waals surface area contributed by atoms with Gasteiger partial charge in [0.2, 0.25) is 5.91 Å². The highest BCUT2D eigenvalue weighted by molar-refractivity contribution is 5.76. The first kappa shape index (κ1) is 45.9. The van der Waals surface area contributed by atoms with Crippen LogP contribution in [0.3, 0.4) is 0 Å². The molecule has 0 radical (unpaired) electrons. The van der Waals surface area contributed by atoms with E-state index in [1.807, 2.05) is 26.2 Å². The van der Waals surface area contributed by atoms with Gasteiger partial charge in [-0.1, -0.05) is 128 Å². The van der Waals surface area contributed by atoms with E-state index < -0.39 is 0 Å². The Morgan fingerprint density at radius 2 is 0.979 bits per heavy atom. The molecule has 0 saturated heterocycles. The Morgan fingerprint density at radius 1 is 0.542 bits per heavy atom. The average Bonchev–Trinajstić information content (AvgIpc) is 3.05. The molecule has 0 heterocycles. The number of nitrogens with zero attached hydrogens (tertiary/aromatic N) is 1. The van der Waals surface area contributed by atoms with Gasteiger partial charge in [0.05, 0.1) is 0 Å². The van der Waals surface area contributed by atoms with Gasteiger partial charge in [0.15, 0.2) is 0 Å². The second-order valence-corrected chi connectivity index (χ2v) is 13.8. The normalized spacial score (nSPS) is 12.3. The van der Waals surface area contributed by atoms with Crippen LogP contribution < -0.4 is 5.32 Å². The molecule has 1 amide bonds. The molecule has 0 aromatic heterocycles. The van der Waals surface area contributed by atoms with Gasteiger partial charge in [-0.2, -0.15) is 0 Å². The summed E-state index contributed by atoms with van der Waals surface area (Å²) < 4.78 is 10.7. The van der Waals surface area contributed by atoms with E-state index in [2.05, 4.69) is 36.2 Å². The predicted molar refractivity (Wildman–Crippen MR) is 202 cm³/mol. The molecule has 280 valence electrons. The summed E-state index contributed by atoms with van der Waals surface area (Å²) in [4.78, 5) is 38.7. The van der Waals surface area contributed by atoms with Gasteiger partial charge in [0.25, 0.3) is 0 Å². The average molecular weight is 677 g/mol. The number of carbonyl (C=O) groups is 3. The summed E-state index contributed by atoms with van der Waals surface area (Å²) in [6.07, 6.45) is 35.2. The lowest BCUT2D eigenvalue weighted by Crippen LogP contribution is -2.35. The molecule has 0 rings (SSSR count). The summed E-state index contributed by atoms with van der Waals surface area (Å²) in [5.74, 6) is -0.0331. The summed E-state index contributed by atoms with van der Waals surface area (Å²) >= 11 is 0. The van der Waals surface area contributed by atoms with Crippen molar-refractivity contribution in [3.05, 3.63) is 24.3 Å². The lowest BCUT2D eigenvalue weighted by atomic mass is 9.99. The summed E-state index contributed by atoms with van der Waals surface area (Å²) in [7, 11) is 4.08. The highest BCUT2D eigenvalue weighted by atomic mass is 16.5. The summed E-state index contributed by atoms with van der Waals surface area (Å²) in [5.41, 5.74) is 0. The highest BCUT2D eigenvalue weighted by Gasteiger charge is 2.12. The quantitative estimate of drug-likeness (QED) is 0.0409. The van der Waals surface area contributed by atoms with E-state index >= 15 is 0 Å². The minimum absolute atomic E-state index is 0.0983. The van der Waals surface area contributed by atoms with Crippen LogP contribution in [0.1, 0.15) is 181 Å². The fourth-order valence-corrected chi connectivity index (χ4v) is 5.70. The number of esters is 2. The van der Waals surface area contributed by atoms with Gasteiger partial charge in [-0.25, -0.2) is 0 Å². The summed E-state index contributed by atoms with van der Waals surface area (Å²) in [6.45, 7) is 6.13. The van der Waals surface area contributed by atoms with E-state index in [1.165, 1.54) is 51.4 Å². The molecule has 48 heavy (non-hydrogen) atoms. The molecule has 0 fully saturated rings. The maximum atomic E-state index is 12.6. The third kappa shape index (κ3) is 35.2. The number of rotatable bonds is 35. The molecule has 7 heteroatoms. The molecular formula is C41H76N2O5. The number of allylic oxidation sites excluding steroid dienone is 2. The second kappa shape index (κ2) is 36.1. The minimum atomic E-state index is -0.0983. The van der Waals surface area contributed by atoms with Crippen molar-refractivity contribution in [2.75, 3.05) is 33.9 Å². The largest absolute Gasteiger partial charge is 0.461 e. The van der Waals surface area contributed by atoms with E-state index in [0.717, 1.165) is 103 Å². The zero-order valence-electron chi connectivity index (χ0n) is 31.9. The molecule has 0 bridgehead atoms. The Balaban J connectivity index is 4.11. The van der Waals surface area contributed by atoms with Crippen LogP contribution in [0.25, 0.3) is 0 Å². The molecule has 0 atom stereocenters. The number of amides is 1. The number of unbranched alkanes of at least 4 members (excludes halogenated alkanes) is 16. The minimum Gasteiger partial charge on any atom is -0.461 e. The predicted octanol–water partition coefficient (Wildman–Crippen LogP) is 10.4. The van der Waals surface area contributed by atoms with Gasteiger partial charge in [0.1, 0.15) is 13.2 Å². The topological polar surface area (TPSA) is 84.9 Å². The number of nitrogens with one attached hydrogen (secondary N) is 1. The molecule has 0 spiro atoms. The number of ether oxygens (including phenoxy) is 2. The van der Waals surface area contributed by atoms with Gasteiger partial charge < -0.3 is 19.7 Å². The Morgan fingerprint density at radius 3 is 1.44 bits per heavy atom. The molecule has 1 N–H and O–H groups in total. The summed E-state index contributed by atoms with van der Waals surface area (Å²) in [5, 5.41) is 3.32. The maximum absolute atomic E-state index is 12.6. The van der Waals surface area contributed by atoms with Crippen LogP contribution in [0.2, 0.25) is 0 Å². The molecular weight excluding hydrogens is 600 g/mol.